The highest BCUT2D eigenvalue weighted by Crippen LogP contribution is 2.41. The molecule has 1 N–H and O–H groups in total. The summed E-state index contributed by atoms with van der Waals surface area (Å²) in [5, 5.41) is 11.7. The Labute approximate surface area is 122 Å². The van der Waals surface area contributed by atoms with Crippen LogP contribution in [0.1, 0.15) is 29.0 Å². The molecule has 2 aliphatic rings. The normalized spacial score (nSPS) is 28.2. The summed E-state index contributed by atoms with van der Waals surface area (Å²) in [5.74, 6) is 1.53. The molecule has 3 rings (SSSR count). The van der Waals surface area contributed by atoms with E-state index >= 15 is 0 Å². The Balaban J connectivity index is 1.73. The van der Waals surface area contributed by atoms with E-state index in [0.717, 1.165) is 25.1 Å². The maximum absolute atomic E-state index is 12.7. The van der Waals surface area contributed by atoms with Gasteiger partial charge in [0.1, 0.15) is 5.25 Å². The van der Waals surface area contributed by atoms with Gasteiger partial charge in [-0.15, -0.1) is 23.1 Å². The van der Waals surface area contributed by atoms with Crippen molar-refractivity contribution in [3.05, 3.63) is 21.9 Å². The van der Waals surface area contributed by atoms with Crippen molar-refractivity contribution in [1.82, 2.24) is 4.90 Å². The Morgan fingerprint density at radius 1 is 1.58 bits per heavy atom. The molecule has 1 aromatic rings. The van der Waals surface area contributed by atoms with Crippen molar-refractivity contribution >= 4 is 29.0 Å². The van der Waals surface area contributed by atoms with Crippen LogP contribution in [-0.4, -0.2) is 40.9 Å². The zero-order valence-electron chi connectivity index (χ0n) is 11.0. The highest BCUT2D eigenvalue weighted by Gasteiger charge is 2.35. The minimum Gasteiger partial charge on any atom is -0.393 e. The summed E-state index contributed by atoms with van der Waals surface area (Å²) >= 11 is 3.54. The number of likely N-dealkylation sites (tertiary alicyclic amines) is 1. The van der Waals surface area contributed by atoms with E-state index in [1.165, 1.54) is 10.4 Å². The third kappa shape index (κ3) is 2.56. The Kier molecular flexibility index (Phi) is 3.87. The summed E-state index contributed by atoms with van der Waals surface area (Å²) in [4.78, 5) is 16.0. The van der Waals surface area contributed by atoms with E-state index in [1.807, 2.05) is 11.8 Å². The molecule has 0 aliphatic carbocycles. The van der Waals surface area contributed by atoms with Crippen molar-refractivity contribution in [3.63, 3.8) is 0 Å². The van der Waals surface area contributed by atoms with E-state index in [1.54, 1.807) is 23.1 Å². The van der Waals surface area contributed by atoms with Gasteiger partial charge in [0, 0.05) is 23.9 Å². The number of carbonyl (C=O) groups excluding carboxylic acids is 1. The van der Waals surface area contributed by atoms with Crippen molar-refractivity contribution in [1.29, 1.82) is 0 Å². The van der Waals surface area contributed by atoms with Gasteiger partial charge in [-0.2, -0.15) is 0 Å². The molecule has 1 fully saturated rings. The fourth-order valence-corrected chi connectivity index (χ4v) is 5.27. The quantitative estimate of drug-likeness (QED) is 0.910. The SMILES string of the molecule is CC(O)C1CCN(C(=O)C2SCCc3sccc32)C1. The molecule has 0 aromatic carbocycles. The van der Waals surface area contributed by atoms with Crippen LogP contribution in [0, 0.1) is 5.92 Å². The fourth-order valence-electron chi connectivity index (χ4n) is 2.90. The summed E-state index contributed by atoms with van der Waals surface area (Å²) in [7, 11) is 0. The van der Waals surface area contributed by atoms with Crippen molar-refractivity contribution in [2.45, 2.75) is 31.1 Å². The number of hydrogen-bond acceptors (Lipinski definition) is 4. The van der Waals surface area contributed by atoms with Crippen LogP contribution in [0.2, 0.25) is 0 Å². The lowest BCUT2D eigenvalue weighted by Gasteiger charge is -2.26. The standard InChI is InChI=1S/C14H19NO2S2/c1-9(16)10-2-5-15(8-10)14(17)13-11-3-6-18-12(11)4-7-19-13/h3,6,9-10,13,16H,2,4-5,7-8H2,1H3. The van der Waals surface area contributed by atoms with Crippen LogP contribution in [-0.2, 0) is 11.2 Å². The Bertz CT molecular complexity index is 472. The van der Waals surface area contributed by atoms with Crippen LogP contribution in [0.5, 0.6) is 0 Å². The molecule has 3 heterocycles. The minimum absolute atomic E-state index is 0.0113. The maximum atomic E-state index is 12.7. The van der Waals surface area contributed by atoms with Gasteiger partial charge in [0.15, 0.2) is 0 Å². The van der Waals surface area contributed by atoms with E-state index in [2.05, 4.69) is 11.4 Å². The van der Waals surface area contributed by atoms with Crippen molar-refractivity contribution in [2.75, 3.05) is 18.8 Å². The van der Waals surface area contributed by atoms with Gasteiger partial charge < -0.3 is 10.0 Å². The van der Waals surface area contributed by atoms with E-state index < -0.39 is 0 Å². The van der Waals surface area contributed by atoms with Gasteiger partial charge in [-0.05, 0) is 42.5 Å². The van der Waals surface area contributed by atoms with Crippen molar-refractivity contribution in [3.8, 4) is 0 Å². The number of amides is 1. The molecule has 3 nitrogen and oxygen atoms in total. The number of rotatable bonds is 2. The molecule has 5 heteroatoms. The van der Waals surface area contributed by atoms with Crippen LogP contribution >= 0.6 is 23.1 Å². The van der Waals surface area contributed by atoms with Crippen LogP contribution in [0.15, 0.2) is 11.4 Å². The Hall–Kier alpha value is -0.520. The molecule has 0 spiro atoms. The van der Waals surface area contributed by atoms with Crippen LogP contribution < -0.4 is 0 Å². The molecule has 0 bridgehead atoms. The van der Waals surface area contributed by atoms with Crippen molar-refractivity contribution < 1.29 is 9.90 Å². The number of aryl methyl sites for hydroxylation is 1. The molecule has 3 unspecified atom stereocenters. The average molecular weight is 297 g/mol. The second kappa shape index (κ2) is 5.46. The lowest BCUT2D eigenvalue weighted by molar-refractivity contribution is -0.129. The van der Waals surface area contributed by atoms with Crippen LogP contribution in [0.3, 0.4) is 0 Å². The minimum atomic E-state index is -0.312. The number of thioether (sulfide) groups is 1. The lowest BCUT2D eigenvalue weighted by Crippen LogP contribution is -2.34. The number of aliphatic hydroxyl groups excluding tert-OH is 1. The highest BCUT2D eigenvalue weighted by molar-refractivity contribution is 8.00. The molecule has 104 valence electrons. The second-order valence-corrected chi connectivity index (χ2v) is 7.59. The molecular weight excluding hydrogens is 278 g/mol. The molecule has 1 saturated heterocycles. The number of hydrogen-bond donors (Lipinski definition) is 1. The van der Waals surface area contributed by atoms with E-state index in [4.69, 9.17) is 0 Å². The zero-order valence-corrected chi connectivity index (χ0v) is 12.7. The molecule has 0 radical (unpaired) electrons. The number of carbonyl (C=O) groups is 1. The molecule has 19 heavy (non-hydrogen) atoms. The monoisotopic (exact) mass is 297 g/mol. The molecular formula is C14H19NO2S2. The second-order valence-electron chi connectivity index (χ2n) is 5.37. The predicted molar refractivity (Wildman–Crippen MR) is 79.6 cm³/mol. The Morgan fingerprint density at radius 2 is 2.42 bits per heavy atom. The summed E-state index contributed by atoms with van der Waals surface area (Å²) in [6.07, 6.45) is 1.71. The Morgan fingerprint density at radius 3 is 3.16 bits per heavy atom. The molecule has 3 atom stereocenters. The summed E-state index contributed by atoms with van der Waals surface area (Å²) in [6, 6.07) is 2.11. The van der Waals surface area contributed by atoms with E-state index in [-0.39, 0.29) is 23.2 Å². The number of aliphatic hydroxyl groups is 1. The predicted octanol–water partition coefficient (Wildman–Crippen LogP) is 2.31. The first-order valence-corrected chi connectivity index (χ1v) is 8.74. The van der Waals surface area contributed by atoms with Crippen LogP contribution in [0.25, 0.3) is 0 Å². The maximum Gasteiger partial charge on any atom is 0.240 e. The van der Waals surface area contributed by atoms with Crippen LogP contribution in [0.4, 0.5) is 0 Å². The first-order chi connectivity index (χ1) is 9.16. The van der Waals surface area contributed by atoms with Gasteiger partial charge in [0.2, 0.25) is 5.91 Å². The van der Waals surface area contributed by atoms with Gasteiger partial charge in [-0.25, -0.2) is 0 Å². The average Bonchev–Trinajstić information content (AvgIpc) is 3.06. The number of fused-ring (bicyclic) bond motifs is 1. The molecule has 0 saturated carbocycles. The molecule has 1 amide bonds. The van der Waals surface area contributed by atoms with E-state index in [9.17, 15) is 9.90 Å². The van der Waals surface area contributed by atoms with Gasteiger partial charge in [0.05, 0.1) is 6.10 Å². The van der Waals surface area contributed by atoms with Gasteiger partial charge in [-0.3, -0.25) is 4.79 Å². The highest BCUT2D eigenvalue weighted by atomic mass is 32.2. The topological polar surface area (TPSA) is 40.5 Å². The summed E-state index contributed by atoms with van der Waals surface area (Å²) in [5.41, 5.74) is 1.23. The zero-order chi connectivity index (χ0) is 13.4. The van der Waals surface area contributed by atoms with Gasteiger partial charge >= 0.3 is 0 Å². The first kappa shape index (κ1) is 13.5. The summed E-state index contributed by atoms with van der Waals surface area (Å²) in [6.45, 7) is 3.34. The lowest BCUT2D eigenvalue weighted by atomic mass is 10.0. The number of nitrogens with zero attached hydrogens (tertiary/aromatic N) is 1. The molecule has 2 aliphatic heterocycles. The third-order valence-corrected chi connectivity index (χ3v) is 6.34. The third-order valence-electron chi connectivity index (χ3n) is 4.12. The molecule has 1 aromatic heterocycles. The smallest absolute Gasteiger partial charge is 0.240 e. The summed E-state index contributed by atoms with van der Waals surface area (Å²) < 4.78 is 0. The largest absolute Gasteiger partial charge is 0.393 e. The van der Waals surface area contributed by atoms with Gasteiger partial charge in [-0.1, -0.05) is 0 Å². The van der Waals surface area contributed by atoms with Crippen molar-refractivity contribution in [2.24, 2.45) is 5.92 Å². The van der Waals surface area contributed by atoms with Gasteiger partial charge in [0.25, 0.3) is 0 Å². The fraction of sp³-hybridized carbons (Fsp3) is 0.643. The van der Waals surface area contributed by atoms with E-state index in [0.29, 0.717) is 6.54 Å². The first-order valence-electron chi connectivity index (χ1n) is 6.81. The number of thiophene rings is 1.